The van der Waals surface area contributed by atoms with Gasteiger partial charge in [-0.3, -0.25) is 9.59 Å². The van der Waals surface area contributed by atoms with Crippen LogP contribution < -0.4 is 5.73 Å². The van der Waals surface area contributed by atoms with E-state index in [9.17, 15) is 9.59 Å². The molecule has 0 aliphatic carbocycles. The largest absolute Gasteiger partial charge is 0.466 e. The highest BCUT2D eigenvalue weighted by Crippen LogP contribution is 2.16. The molecule has 1 amide bonds. The molecule has 5 heteroatoms. The lowest BCUT2D eigenvalue weighted by Gasteiger charge is -2.34. The number of carbonyl (C=O) groups excluding carboxylic acids is 2. The molecule has 0 aromatic heterocycles. The fourth-order valence-corrected chi connectivity index (χ4v) is 1.77. The van der Waals surface area contributed by atoms with Gasteiger partial charge in [0, 0.05) is 19.1 Å². The first-order valence-corrected chi connectivity index (χ1v) is 5.73. The Kier molecular flexibility index (Phi) is 4.73. The summed E-state index contributed by atoms with van der Waals surface area (Å²) in [6, 6.07) is 0.0138. The Hall–Kier alpha value is -1.10. The molecule has 16 heavy (non-hydrogen) atoms. The molecule has 92 valence electrons. The van der Waals surface area contributed by atoms with Crippen molar-refractivity contribution in [3.05, 3.63) is 0 Å². The van der Waals surface area contributed by atoms with Crippen LogP contribution in [0, 0.1) is 5.92 Å². The van der Waals surface area contributed by atoms with Crippen molar-refractivity contribution in [1.82, 2.24) is 4.90 Å². The molecule has 2 atom stereocenters. The number of hydrogen-bond donors (Lipinski definition) is 1. The van der Waals surface area contributed by atoms with E-state index in [4.69, 9.17) is 10.5 Å². The van der Waals surface area contributed by atoms with Gasteiger partial charge in [0.05, 0.1) is 6.61 Å². The Morgan fingerprint density at radius 3 is 2.75 bits per heavy atom. The van der Waals surface area contributed by atoms with Crippen LogP contribution in [0.2, 0.25) is 0 Å². The number of hydrogen-bond acceptors (Lipinski definition) is 4. The van der Waals surface area contributed by atoms with Crippen molar-refractivity contribution >= 4 is 11.9 Å². The van der Waals surface area contributed by atoms with Gasteiger partial charge in [0.15, 0.2) is 0 Å². The molecule has 0 saturated carbocycles. The minimum absolute atomic E-state index is 0.0138. The van der Waals surface area contributed by atoms with Crippen LogP contribution in [0.15, 0.2) is 0 Å². The number of amides is 1. The Bertz CT molecular complexity index is 268. The summed E-state index contributed by atoms with van der Waals surface area (Å²) >= 11 is 0. The van der Waals surface area contributed by atoms with Crippen LogP contribution in [0.1, 0.15) is 26.7 Å². The fourth-order valence-electron chi connectivity index (χ4n) is 1.77. The zero-order valence-electron chi connectivity index (χ0n) is 9.94. The second-order valence-electron chi connectivity index (χ2n) is 4.25. The first kappa shape index (κ1) is 13.0. The van der Waals surface area contributed by atoms with Gasteiger partial charge in [-0.2, -0.15) is 0 Å². The van der Waals surface area contributed by atoms with E-state index in [0.29, 0.717) is 25.6 Å². The Labute approximate surface area is 95.9 Å². The summed E-state index contributed by atoms with van der Waals surface area (Å²) in [5.74, 6) is -0.202. The monoisotopic (exact) mass is 228 g/mol. The van der Waals surface area contributed by atoms with Crippen LogP contribution in [-0.4, -0.2) is 42.5 Å². The molecule has 2 unspecified atom stereocenters. The normalized spacial score (nSPS) is 25.3. The van der Waals surface area contributed by atoms with Crippen LogP contribution in [-0.2, 0) is 14.3 Å². The molecule has 0 aromatic rings. The van der Waals surface area contributed by atoms with E-state index in [1.807, 2.05) is 0 Å². The number of esters is 1. The van der Waals surface area contributed by atoms with E-state index < -0.39 is 5.97 Å². The highest BCUT2D eigenvalue weighted by atomic mass is 16.5. The minimum Gasteiger partial charge on any atom is -0.466 e. The van der Waals surface area contributed by atoms with E-state index in [-0.39, 0.29) is 18.4 Å². The minimum atomic E-state index is -0.459. The zero-order valence-corrected chi connectivity index (χ0v) is 9.94. The Balaban J connectivity index is 2.40. The highest BCUT2D eigenvalue weighted by molar-refractivity contribution is 5.94. The van der Waals surface area contributed by atoms with Crippen molar-refractivity contribution in [2.45, 2.75) is 32.7 Å². The second kappa shape index (κ2) is 5.84. The van der Waals surface area contributed by atoms with Gasteiger partial charge >= 0.3 is 5.97 Å². The molecule has 1 aliphatic heterocycles. The average Bonchev–Trinajstić information content (AvgIpc) is 2.22. The molecule has 5 nitrogen and oxygen atoms in total. The topological polar surface area (TPSA) is 72.6 Å². The van der Waals surface area contributed by atoms with Gasteiger partial charge in [0.25, 0.3) is 0 Å². The number of nitrogens with two attached hydrogens (primary N) is 1. The summed E-state index contributed by atoms with van der Waals surface area (Å²) < 4.78 is 4.73. The van der Waals surface area contributed by atoms with Crippen molar-refractivity contribution in [2.24, 2.45) is 11.7 Å². The summed E-state index contributed by atoms with van der Waals surface area (Å²) in [6.07, 6.45) is 0.727. The lowest BCUT2D eigenvalue weighted by atomic mass is 9.94. The number of likely N-dealkylation sites (tertiary alicyclic amines) is 1. The molecule has 1 fully saturated rings. The maximum absolute atomic E-state index is 11.7. The Morgan fingerprint density at radius 2 is 2.19 bits per heavy atom. The van der Waals surface area contributed by atoms with Gasteiger partial charge in [-0.15, -0.1) is 0 Å². The van der Waals surface area contributed by atoms with Crippen molar-refractivity contribution in [2.75, 3.05) is 19.7 Å². The number of ether oxygens (including phenoxy) is 1. The summed E-state index contributed by atoms with van der Waals surface area (Å²) in [5, 5.41) is 0. The third kappa shape index (κ3) is 3.48. The number of carbonyl (C=O) groups is 2. The summed E-state index contributed by atoms with van der Waals surface area (Å²) in [7, 11) is 0. The predicted octanol–water partition coefficient (Wildman–Crippen LogP) is 0.135. The molecule has 1 saturated heterocycles. The standard InChI is InChI=1S/C11H20N2O3/c1-3-16-11(15)6-10(14)13-5-4-8(2)9(12)7-13/h8-9H,3-7,12H2,1-2H3. The number of nitrogens with zero attached hydrogens (tertiary/aromatic N) is 1. The summed E-state index contributed by atoms with van der Waals surface area (Å²) in [5.41, 5.74) is 5.89. The first-order valence-electron chi connectivity index (χ1n) is 5.73. The molecule has 0 radical (unpaired) electrons. The molecule has 0 bridgehead atoms. The molecule has 0 aromatic carbocycles. The lowest BCUT2D eigenvalue weighted by Crippen LogP contribution is -2.50. The van der Waals surface area contributed by atoms with Crippen LogP contribution in [0.25, 0.3) is 0 Å². The van der Waals surface area contributed by atoms with Crippen LogP contribution in [0.5, 0.6) is 0 Å². The highest BCUT2D eigenvalue weighted by Gasteiger charge is 2.27. The van der Waals surface area contributed by atoms with Gasteiger partial charge in [0.1, 0.15) is 6.42 Å². The zero-order chi connectivity index (χ0) is 12.1. The van der Waals surface area contributed by atoms with Crippen molar-refractivity contribution in [1.29, 1.82) is 0 Å². The molecule has 2 N–H and O–H groups in total. The molecule has 1 rings (SSSR count). The molecule has 1 aliphatic rings. The molecule has 0 spiro atoms. The number of rotatable bonds is 3. The quantitative estimate of drug-likeness (QED) is 0.550. The third-order valence-corrected chi connectivity index (χ3v) is 2.97. The van der Waals surface area contributed by atoms with Gasteiger partial charge in [-0.05, 0) is 19.3 Å². The van der Waals surface area contributed by atoms with E-state index in [2.05, 4.69) is 6.92 Å². The average molecular weight is 228 g/mol. The third-order valence-electron chi connectivity index (χ3n) is 2.97. The number of piperidine rings is 1. The summed E-state index contributed by atoms with van der Waals surface area (Å²) in [4.78, 5) is 24.5. The van der Waals surface area contributed by atoms with Crippen molar-refractivity contribution < 1.29 is 14.3 Å². The fraction of sp³-hybridized carbons (Fsp3) is 0.818. The van der Waals surface area contributed by atoms with Gasteiger partial charge in [-0.25, -0.2) is 0 Å². The maximum Gasteiger partial charge on any atom is 0.315 e. The maximum atomic E-state index is 11.7. The van der Waals surface area contributed by atoms with E-state index in [1.54, 1.807) is 11.8 Å². The van der Waals surface area contributed by atoms with Gasteiger partial charge in [-0.1, -0.05) is 6.92 Å². The van der Waals surface area contributed by atoms with Crippen molar-refractivity contribution in [3.8, 4) is 0 Å². The van der Waals surface area contributed by atoms with Crippen LogP contribution in [0.3, 0.4) is 0 Å². The lowest BCUT2D eigenvalue weighted by molar-refractivity contribution is -0.149. The first-order chi connectivity index (χ1) is 7.54. The van der Waals surface area contributed by atoms with E-state index in [0.717, 1.165) is 6.42 Å². The van der Waals surface area contributed by atoms with E-state index >= 15 is 0 Å². The van der Waals surface area contributed by atoms with Crippen LogP contribution >= 0.6 is 0 Å². The molecule has 1 heterocycles. The smallest absolute Gasteiger partial charge is 0.315 e. The predicted molar refractivity (Wildman–Crippen MR) is 59.6 cm³/mol. The van der Waals surface area contributed by atoms with Crippen LogP contribution in [0.4, 0.5) is 0 Å². The second-order valence-corrected chi connectivity index (χ2v) is 4.25. The SMILES string of the molecule is CCOC(=O)CC(=O)N1CCC(C)C(N)C1. The van der Waals surface area contributed by atoms with Crippen molar-refractivity contribution in [3.63, 3.8) is 0 Å². The summed E-state index contributed by atoms with van der Waals surface area (Å²) in [6.45, 7) is 5.34. The van der Waals surface area contributed by atoms with Gasteiger partial charge < -0.3 is 15.4 Å². The molecular formula is C11H20N2O3. The molecular weight excluding hydrogens is 208 g/mol. The van der Waals surface area contributed by atoms with E-state index in [1.165, 1.54) is 0 Å². The van der Waals surface area contributed by atoms with Gasteiger partial charge in [0.2, 0.25) is 5.91 Å². The Morgan fingerprint density at radius 1 is 1.50 bits per heavy atom.